The first-order valence-corrected chi connectivity index (χ1v) is 11.2. The zero-order valence-corrected chi connectivity index (χ0v) is 17.3. The van der Waals surface area contributed by atoms with Crippen LogP contribution in [0.2, 0.25) is 0 Å². The highest BCUT2D eigenvalue weighted by atomic mass is 32.1. The number of thiazole rings is 1. The molecule has 4 rings (SSSR count). The van der Waals surface area contributed by atoms with E-state index in [4.69, 9.17) is 10.1 Å². The Morgan fingerprint density at radius 1 is 1.11 bits per heavy atom. The van der Waals surface area contributed by atoms with Crippen LogP contribution in [-0.4, -0.2) is 26.6 Å². The van der Waals surface area contributed by atoms with E-state index in [1.807, 2.05) is 17.7 Å². The molecule has 0 saturated heterocycles. The molecule has 146 valence electrons. The lowest BCUT2D eigenvalue weighted by atomic mass is 9.96. The summed E-state index contributed by atoms with van der Waals surface area (Å²) in [6.07, 6.45) is 6.04. The molecule has 0 spiro atoms. The third-order valence-electron chi connectivity index (χ3n) is 4.95. The van der Waals surface area contributed by atoms with Crippen molar-refractivity contribution in [3.05, 3.63) is 51.5 Å². The molecule has 1 fully saturated rings. The number of nitrogens with zero attached hydrogens (tertiary/aromatic N) is 3. The minimum atomic E-state index is 0.0144. The van der Waals surface area contributed by atoms with Crippen LogP contribution in [-0.2, 0) is 0 Å². The van der Waals surface area contributed by atoms with E-state index in [1.165, 1.54) is 25.3 Å². The molecule has 0 atom stereocenters. The van der Waals surface area contributed by atoms with Crippen molar-refractivity contribution in [3.8, 4) is 22.1 Å². The van der Waals surface area contributed by atoms with Crippen molar-refractivity contribution in [1.82, 2.24) is 4.68 Å². The van der Waals surface area contributed by atoms with E-state index >= 15 is 0 Å². The van der Waals surface area contributed by atoms with Gasteiger partial charge in [0.15, 0.2) is 0 Å². The van der Waals surface area contributed by atoms with E-state index in [0.29, 0.717) is 17.3 Å². The van der Waals surface area contributed by atoms with Gasteiger partial charge in [0, 0.05) is 17.0 Å². The molecule has 0 amide bonds. The molecule has 1 aromatic carbocycles. The van der Waals surface area contributed by atoms with E-state index in [2.05, 4.69) is 16.8 Å². The Labute approximate surface area is 172 Å². The van der Waals surface area contributed by atoms with Crippen LogP contribution in [0.4, 0.5) is 0 Å². The second-order valence-corrected chi connectivity index (χ2v) is 8.78. The molecule has 0 radical (unpaired) electrons. The van der Waals surface area contributed by atoms with Crippen LogP contribution in [0.25, 0.3) is 10.6 Å². The first kappa shape index (κ1) is 19.0. The number of thiophene rings is 1. The lowest BCUT2D eigenvalue weighted by Crippen LogP contribution is -2.19. The molecule has 7 heteroatoms. The van der Waals surface area contributed by atoms with Gasteiger partial charge in [-0.15, -0.1) is 22.7 Å². The zero-order valence-electron chi connectivity index (χ0n) is 15.7. The molecule has 0 unspecified atom stereocenters. The summed E-state index contributed by atoms with van der Waals surface area (Å²) < 4.78 is 1.90. The van der Waals surface area contributed by atoms with Gasteiger partial charge < -0.3 is 10.2 Å². The van der Waals surface area contributed by atoms with Gasteiger partial charge in [-0.25, -0.2) is 4.68 Å². The zero-order chi connectivity index (χ0) is 19.5. The average molecular weight is 414 g/mol. The fraction of sp³-hybridized carbons (Fsp3) is 0.333. The summed E-state index contributed by atoms with van der Waals surface area (Å²) in [5.41, 5.74) is 2.27. The Morgan fingerprint density at radius 2 is 1.93 bits per heavy atom. The number of hydrogen-bond donors (Lipinski definition) is 2. The van der Waals surface area contributed by atoms with Crippen LogP contribution in [0.3, 0.4) is 0 Å². The predicted octanol–water partition coefficient (Wildman–Crippen LogP) is 5.20. The summed E-state index contributed by atoms with van der Waals surface area (Å²) in [5.74, 6) is 0.0463. The summed E-state index contributed by atoms with van der Waals surface area (Å²) in [6.45, 7) is 1.86. The number of rotatable bonds is 4. The van der Waals surface area contributed by atoms with Gasteiger partial charge in [0.2, 0.25) is 4.80 Å². The Balaban J connectivity index is 1.81. The van der Waals surface area contributed by atoms with Gasteiger partial charge in [-0.3, -0.25) is 4.99 Å². The van der Waals surface area contributed by atoms with Crippen LogP contribution in [0, 0.1) is 0 Å². The Kier molecular flexibility index (Phi) is 5.64. The van der Waals surface area contributed by atoms with E-state index in [0.717, 1.165) is 28.2 Å². The lowest BCUT2D eigenvalue weighted by molar-refractivity contribution is 0.435. The predicted molar refractivity (Wildman–Crippen MR) is 115 cm³/mol. The molecule has 0 aliphatic heterocycles. The minimum Gasteiger partial charge on any atom is -0.508 e. The van der Waals surface area contributed by atoms with Crippen LogP contribution in [0.1, 0.15) is 44.6 Å². The SMILES string of the molecule is CC(=Nn1c(-c2cccs2)csc1=NC1CCCCC1)c1ccc(O)cc1O. The molecule has 1 aliphatic rings. The van der Waals surface area contributed by atoms with Gasteiger partial charge in [0.25, 0.3) is 0 Å². The van der Waals surface area contributed by atoms with Crippen molar-refractivity contribution >= 4 is 28.4 Å². The highest BCUT2D eigenvalue weighted by Gasteiger charge is 2.15. The summed E-state index contributed by atoms with van der Waals surface area (Å²) in [6, 6.07) is 9.03. The summed E-state index contributed by atoms with van der Waals surface area (Å²) in [4.78, 5) is 7.02. The first-order valence-electron chi connectivity index (χ1n) is 9.48. The molecule has 2 aromatic heterocycles. The molecular formula is C21H23N3O2S2. The van der Waals surface area contributed by atoms with E-state index in [-0.39, 0.29) is 11.5 Å². The molecule has 2 heterocycles. The third-order valence-corrected chi connectivity index (χ3v) is 6.67. The van der Waals surface area contributed by atoms with Gasteiger partial charge in [0.05, 0.1) is 22.3 Å². The van der Waals surface area contributed by atoms with Crippen LogP contribution < -0.4 is 4.80 Å². The second kappa shape index (κ2) is 8.32. The third kappa shape index (κ3) is 4.05. The smallest absolute Gasteiger partial charge is 0.206 e. The van der Waals surface area contributed by atoms with E-state index in [1.54, 1.807) is 34.8 Å². The summed E-state index contributed by atoms with van der Waals surface area (Å²) in [7, 11) is 0. The maximum Gasteiger partial charge on any atom is 0.206 e. The Bertz CT molecular complexity index is 1040. The molecule has 3 aromatic rings. The lowest BCUT2D eigenvalue weighted by Gasteiger charge is -2.17. The summed E-state index contributed by atoms with van der Waals surface area (Å²) >= 11 is 3.28. The topological polar surface area (TPSA) is 70.1 Å². The van der Waals surface area contributed by atoms with Crippen LogP contribution in [0.15, 0.2) is 51.2 Å². The van der Waals surface area contributed by atoms with Crippen molar-refractivity contribution in [2.45, 2.75) is 45.1 Å². The minimum absolute atomic E-state index is 0.0144. The number of aromatic nitrogens is 1. The van der Waals surface area contributed by atoms with Crippen molar-refractivity contribution in [1.29, 1.82) is 0 Å². The highest BCUT2D eigenvalue weighted by Crippen LogP contribution is 2.27. The molecular weight excluding hydrogens is 390 g/mol. The Hall–Kier alpha value is -2.38. The largest absolute Gasteiger partial charge is 0.508 e. The van der Waals surface area contributed by atoms with E-state index in [9.17, 15) is 10.2 Å². The molecule has 1 aliphatic carbocycles. The van der Waals surface area contributed by atoms with Crippen molar-refractivity contribution in [3.63, 3.8) is 0 Å². The van der Waals surface area contributed by atoms with Gasteiger partial charge in [-0.1, -0.05) is 25.3 Å². The first-order chi connectivity index (χ1) is 13.6. The number of phenols is 2. The van der Waals surface area contributed by atoms with Crippen molar-refractivity contribution in [2.75, 3.05) is 0 Å². The molecule has 28 heavy (non-hydrogen) atoms. The number of benzene rings is 1. The average Bonchev–Trinajstić information content (AvgIpc) is 3.33. The maximum absolute atomic E-state index is 10.2. The van der Waals surface area contributed by atoms with Crippen LogP contribution in [0.5, 0.6) is 11.5 Å². The molecule has 1 saturated carbocycles. The maximum atomic E-state index is 10.2. The second-order valence-electron chi connectivity index (χ2n) is 7.00. The normalized spacial score (nSPS) is 16.6. The van der Waals surface area contributed by atoms with Crippen LogP contribution >= 0.6 is 22.7 Å². The van der Waals surface area contributed by atoms with Gasteiger partial charge >= 0.3 is 0 Å². The molecule has 5 nitrogen and oxygen atoms in total. The fourth-order valence-corrected chi connectivity index (χ4v) is 5.17. The Morgan fingerprint density at radius 3 is 2.64 bits per heavy atom. The fourth-order valence-electron chi connectivity index (χ4n) is 3.48. The highest BCUT2D eigenvalue weighted by molar-refractivity contribution is 7.14. The van der Waals surface area contributed by atoms with Crippen molar-refractivity contribution in [2.24, 2.45) is 10.1 Å². The summed E-state index contributed by atoms with van der Waals surface area (Å²) in [5, 5.41) is 28.7. The standard InChI is InChI=1S/C21H23N3O2S2/c1-14(17-10-9-16(25)12-19(17)26)23-24-18(20-8-5-11-27-20)13-28-21(24)22-15-6-3-2-4-7-15/h5,8-13,15,25-26H,2-4,6-7H2,1H3. The van der Waals surface area contributed by atoms with Gasteiger partial charge in [0.1, 0.15) is 11.5 Å². The quantitative estimate of drug-likeness (QED) is 0.578. The van der Waals surface area contributed by atoms with Gasteiger partial charge in [-0.05, 0) is 43.3 Å². The molecule has 0 bridgehead atoms. The van der Waals surface area contributed by atoms with Crippen molar-refractivity contribution < 1.29 is 10.2 Å². The van der Waals surface area contributed by atoms with E-state index < -0.39 is 0 Å². The number of phenolic OH excluding ortho intramolecular Hbond substituents is 2. The monoisotopic (exact) mass is 413 g/mol. The number of hydrogen-bond acceptors (Lipinski definition) is 6. The molecule has 2 N–H and O–H groups in total. The number of aromatic hydroxyl groups is 2. The van der Waals surface area contributed by atoms with Gasteiger partial charge in [-0.2, -0.15) is 5.10 Å².